The SMILES string of the molecule is COc1ccc([N+](=O)[O-])cc1CNC1CCCCCC1C. The zero-order chi connectivity index (χ0) is 15.2. The Morgan fingerprint density at radius 3 is 2.81 bits per heavy atom. The third-order valence-electron chi connectivity index (χ3n) is 4.39. The van der Waals surface area contributed by atoms with Gasteiger partial charge in [-0.1, -0.05) is 26.2 Å². The van der Waals surface area contributed by atoms with Crippen molar-refractivity contribution < 1.29 is 9.66 Å². The fraction of sp³-hybridized carbons (Fsp3) is 0.625. The minimum atomic E-state index is -0.364. The normalized spacial score (nSPS) is 22.6. The first-order valence-electron chi connectivity index (χ1n) is 7.66. The van der Waals surface area contributed by atoms with Crippen LogP contribution >= 0.6 is 0 Å². The van der Waals surface area contributed by atoms with Gasteiger partial charge in [-0.25, -0.2) is 0 Å². The third kappa shape index (κ3) is 4.17. The Hall–Kier alpha value is -1.62. The van der Waals surface area contributed by atoms with Crippen LogP contribution < -0.4 is 10.1 Å². The molecular weight excluding hydrogens is 268 g/mol. The van der Waals surface area contributed by atoms with Gasteiger partial charge in [0.2, 0.25) is 0 Å². The van der Waals surface area contributed by atoms with E-state index in [4.69, 9.17) is 4.74 Å². The molecule has 0 amide bonds. The first-order chi connectivity index (χ1) is 10.1. The van der Waals surface area contributed by atoms with Crippen molar-refractivity contribution in [3.8, 4) is 5.75 Å². The Morgan fingerprint density at radius 2 is 2.10 bits per heavy atom. The van der Waals surface area contributed by atoms with Gasteiger partial charge in [-0.3, -0.25) is 10.1 Å². The Labute approximate surface area is 125 Å². The number of benzene rings is 1. The number of non-ortho nitro benzene ring substituents is 1. The molecule has 2 unspecified atom stereocenters. The maximum Gasteiger partial charge on any atom is 0.270 e. The fourth-order valence-electron chi connectivity index (χ4n) is 3.05. The van der Waals surface area contributed by atoms with Crippen LogP contribution in [0.4, 0.5) is 5.69 Å². The van der Waals surface area contributed by atoms with Gasteiger partial charge in [0, 0.05) is 30.3 Å². The second-order valence-corrected chi connectivity index (χ2v) is 5.86. The second kappa shape index (κ2) is 7.41. The van der Waals surface area contributed by atoms with Gasteiger partial charge < -0.3 is 10.1 Å². The topological polar surface area (TPSA) is 64.4 Å². The number of hydrogen-bond acceptors (Lipinski definition) is 4. The summed E-state index contributed by atoms with van der Waals surface area (Å²) in [7, 11) is 1.60. The van der Waals surface area contributed by atoms with E-state index in [1.54, 1.807) is 19.2 Å². The van der Waals surface area contributed by atoms with Gasteiger partial charge in [0.05, 0.1) is 12.0 Å². The van der Waals surface area contributed by atoms with Crippen LogP contribution in [-0.4, -0.2) is 18.1 Å². The number of nitro groups is 1. The highest BCUT2D eigenvalue weighted by Crippen LogP contribution is 2.26. The average molecular weight is 292 g/mol. The lowest BCUT2D eigenvalue weighted by atomic mass is 9.96. The van der Waals surface area contributed by atoms with Crippen molar-refractivity contribution in [1.82, 2.24) is 5.32 Å². The fourth-order valence-corrected chi connectivity index (χ4v) is 3.05. The van der Waals surface area contributed by atoms with Crippen molar-refractivity contribution in [3.63, 3.8) is 0 Å². The van der Waals surface area contributed by atoms with Crippen LogP contribution in [0.3, 0.4) is 0 Å². The van der Waals surface area contributed by atoms with Crippen LogP contribution in [0, 0.1) is 16.0 Å². The van der Waals surface area contributed by atoms with Gasteiger partial charge >= 0.3 is 0 Å². The molecule has 0 radical (unpaired) electrons. The number of nitro benzene ring substituents is 1. The van der Waals surface area contributed by atoms with Gasteiger partial charge in [-0.15, -0.1) is 0 Å². The zero-order valence-corrected chi connectivity index (χ0v) is 12.8. The molecule has 1 saturated carbocycles. The summed E-state index contributed by atoms with van der Waals surface area (Å²) in [4.78, 5) is 10.5. The quantitative estimate of drug-likeness (QED) is 0.511. The number of nitrogens with zero attached hydrogens (tertiary/aromatic N) is 1. The summed E-state index contributed by atoms with van der Waals surface area (Å²) in [6.45, 7) is 2.90. The molecule has 0 aliphatic heterocycles. The standard InChI is InChI=1S/C16H24N2O3/c1-12-6-4-3-5-7-15(12)17-11-13-10-14(18(19)20)8-9-16(13)21-2/h8-10,12,15,17H,3-7,11H2,1-2H3. The summed E-state index contributed by atoms with van der Waals surface area (Å²) < 4.78 is 5.31. The van der Waals surface area contributed by atoms with Crippen LogP contribution in [0.15, 0.2) is 18.2 Å². The molecule has 1 aromatic rings. The summed E-state index contributed by atoms with van der Waals surface area (Å²) in [6.07, 6.45) is 6.30. The predicted octanol–water partition coefficient (Wildman–Crippen LogP) is 3.66. The van der Waals surface area contributed by atoms with E-state index in [0.717, 1.165) is 5.56 Å². The highest BCUT2D eigenvalue weighted by atomic mass is 16.6. The third-order valence-corrected chi connectivity index (χ3v) is 4.39. The van der Waals surface area contributed by atoms with Gasteiger partial charge in [0.1, 0.15) is 5.75 Å². The predicted molar refractivity (Wildman–Crippen MR) is 82.5 cm³/mol. The number of nitrogens with one attached hydrogen (secondary N) is 1. The molecule has 5 nitrogen and oxygen atoms in total. The summed E-state index contributed by atoms with van der Waals surface area (Å²) in [5.74, 6) is 1.35. The van der Waals surface area contributed by atoms with E-state index in [1.165, 1.54) is 38.2 Å². The van der Waals surface area contributed by atoms with Crippen LogP contribution in [-0.2, 0) is 6.54 Å². The molecule has 1 N–H and O–H groups in total. The Kier molecular flexibility index (Phi) is 5.56. The van der Waals surface area contributed by atoms with E-state index in [-0.39, 0.29) is 10.6 Å². The molecule has 0 bridgehead atoms. The van der Waals surface area contributed by atoms with E-state index >= 15 is 0 Å². The summed E-state index contributed by atoms with van der Waals surface area (Å²) in [5, 5.41) is 14.5. The van der Waals surface area contributed by atoms with Crippen molar-refractivity contribution in [1.29, 1.82) is 0 Å². The van der Waals surface area contributed by atoms with E-state index in [1.807, 2.05) is 0 Å². The number of methoxy groups -OCH3 is 1. The maximum absolute atomic E-state index is 10.9. The largest absolute Gasteiger partial charge is 0.496 e. The van der Waals surface area contributed by atoms with Crippen molar-refractivity contribution in [2.24, 2.45) is 5.92 Å². The minimum absolute atomic E-state index is 0.113. The van der Waals surface area contributed by atoms with E-state index in [0.29, 0.717) is 24.3 Å². The molecule has 1 aliphatic carbocycles. The number of ether oxygens (including phenoxy) is 1. The van der Waals surface area contributed by atoms with Crippen molar-refractivity contribution >= 4 is 5.69 Å². The lowest BCUT2D eigenvalue weighted by Crippen LogP contribution is -2.33. The Morgan fingerprint density at radius 1 is 1.33 bits per heavy atom. The Bertz CT molecular complexity index is 490. The van der Waals surface area contributed by atoms with Crippen LogP contribution in [0.2, 0.25) is 0 Å². The summed E-state index contributed by atoms with van der Waals surface area (Å²) in [6, 6.07) is 5.24. The van der Waals surface area contributed by atoms with Crippen molar-refractivity contribution in [2.75, 3.05) is 7.11 Å². The summed E-state index contributed by atoms with van der Waals surface area (Å²) >= 11 is 0. The monoisotopic (exact) mass is 292 g/mol. The molecule has 116 valence electrons. The second-order valence-electron chi connectivity index (χ2n) is 5.86. The van der Waals surface area contributed by atoms with E-state index in [9.17, 15) is 10.1 Å². The van der Waals surface area contributed by atoms with E-state index < -0.39 is 0 Å². The number of rotatable bonds is 5. The molecule has 0 heterocycles. The molecule has 1 fully saturated rings. The van der Waals surface area contributed by atoms with Crippen LogP contribution in [0.25, 0.3) is 0 Å². The highest BCUT2D eigenvalue weighted by molar-refractivity contribution is 5.43. The van der Waals surface area contributed by atoms with Crippen LogP contribution in [0.1, 0.15) is 44.6 Å². The van der Waals surface area contributed by atoms with Crippen molar-refractivity contribution in [3.05, 3.63) is 33.9 Å². The molecule has 0 spiro atoms. The van der Waals surface area contributed by atoms with Crippen LogP contribution in [0.5, 0.6) is 5.75 Å². The van der Waals surface area contributed by atoms with Crippen molar-refractivity contribution in [2.45, 2.75) is 51.6 Å². The molecule has 1 aromatic carbocycles. The maximum atomic E-state index is 10.9. The molecule has 2 rings (SSSR count). The van der Waals surface area contributed by atoms with E-state index in [2.05, 4.69) is 12.2 Å². The lowest BCUT2D eigenvalue weighted by molar-refractivity contribution is -0.384. The number of hydrogen-bond donors (Lipinski definition) is 1. The lowest BCUT2D eigenvalue weighted by Gasteiger charge is -2.23. The molecule has 0 aromatic heterocycles. The molecule has 5 heteroatoms. The molecule has 0 saturated heterocycles. The molecular formula is C16H24N2O3. The average Bonchev–Trinajstić information content (AvgIpc) is 2.69. The van der Waals surface area contributed by atoms with Gasteiger partial charge in [-0.2, -0.15) is 0 Å². The smallest absolute Gasteiger partial charge is 0.270 e. The molecule has 1 aliphatic rings. The highest BCUT2D eigenvalue weighted by Gasteiger charge is 2.20. The first kappa shape index (κ1) is 15.8. The Balaban J connectivity index is 2.07. The minimum Gasteiger partial charge on any atom is -0.496 e. The van der Waals surface area contributed by atoms with Gasteiger partial charge in [0.15, 0.2) is 0 Å². The molecule has 2 atom stereocenters. The zero-order valence-electron chi connectivity index (χ0n) is 12.8. The first-order valence-corrected chi connectivity index (χ1v) is 7.66. The van der Waals surface area contributed by atoms with Gasteiger partial charge in [-0.05, 0) is 24.8 Å². The summed E-state index contributed by atoms with van der Waals surface area (Å²) in [5.41, 5.74) is 0.963. The molecule has 21 heavy (non-hydrogen) atoms. The van der Waals surface area contributed by atoms with Gasteiger partial charge in [0.25, 0.3) is 5.69 Å².